The minimum atomic E-state index is -1.13. The summed E-state index contributed by atoms with van der Waals surface area (Å²) in [5.41, 5.74) is 4.21. The van der Waals surface area contributed by atoms with Crippen molar-refractivity contribution < 1.29 is 33.9 Å². The maximum Gasteiger partial charge on any atom is 0.204 e. The fourth-order valence-corrected chi connectivity index (χ4v) is 6.42. The molecule has 4 aromatic carbocycles. The van der Waals surface area contributed by atoms with Crippen LogP contribution in [0.2, 0.25) is 0 Å². The van der Waals surface area contributed by atoms with E-state index in [1.165, 1.54) is 7.11 Å². The molecule has 4 bridgehead atoms. The van der Waals surface area contributed by atoms with Gasteiger partial charge in [0.05, 0.1) is 32.4 Å². The number of phenols is 1. The first-order valence-corrected chi connectivity index (χ1v) is 14.8. The van der Waals surface area contributed by atoms with Crippen LogP contribution in [0.4, 0.5) is 0 Å². The summed E-state index contributed by atoms with van der Waals surface area (Å²) in [6.45, 7) is 0.874. The van der Waals surface area contributed by atoms with Crippen molar-refractivity contribution in [2.24, 2.45) is 0 Å². The first kappa shape index (κ1) is 28.8. The van der Waals surface area contributed by atoms with Gasteiger partial charge in [-0.25, -0.2) is 0 Å². The zero-order valence-electron chi connectivity index (χ0n) is 25.5. The average molecular weight is 607 g/mol. The molecule has 2 atom stereocenters. The second kappa shape index (κ2) is 11.5. The lowest BCUT2D eigenvalue weighted by Crippen LogP contribution is -2.34. The molecule has 10 rings (SSSR count). The Kier molecular flexibility index (Phi) is 7.35. The maximum absolute atomic E-state index is 11.6. The summed E-state index contributed by atoms with van der Waals surface area (Å²) in [7, 11) is 6.86. The summed E-state index contributed by atoms with van der Waals surface area (Å²) in [6, 6.07) is 20.6. The number of aliphatic hydroxyl groups excluding tert-OH is 1. The van der Waals surface area contributed by atoms with Crippen LogP contribution in [0.25, 0.3) is 10.8 Å². The molecule has 6 heterocycles. The molecule has 1 unspecified atom stereocenters. The van der Waals surface area contributed by atoms with Gasteiger partial charge in [-0.2, -0.15) is 0 Å². The number of ether oxygens (including phenoxy) is 5. The largest absolute Gasteiger partial charge is 0.502 e. The van der Waals surface area contributed by atoms with E-state index in [0.29, 0.717) is 57.2 Å². The van der Waals surface area contributed by atoms with Gasteiger partial charge in [-0.1, -0.05) is 24.3 Å². The van der Waals surface area contributed by atoms with Crippen LogP contribution in [0.3, 0.4) is 0 Å². The molecule has 0 saturated carbocycles. The van der Waals surface area contributed by atoms with Crippen LogP contribution in [-0.4, -0.2) is 55.0 Å². The van der Waals surface area contributed by atoms with Crippen molar-refractivity contribution in [3.8, 4) is 46.0 Å². The molecular weight excluding hydrogens is 572 g/mol. The molecular formula is C36H34N2O7. The Hall–Kier alpha value is -4.99. The zero-order chi connectivity index (χ0) is 31.2. The van der Waals surface area contributed by atoms with Crippen LogP contribution in [0.1, 0.15) is 40.1 Å². The van der Waals surface area contributed by atoms with Gasteiger partial charge in [-0.05, 0) is 84.4 Å². The van der Waals surface area contributed by atoms with Crippen molar-refractivity contribution in [2.45, 2.75) is 25.0 Å². The fraction of sp³-hybridized carbons (Fsp3) is 0.250. The smallest absolute Gasteiger partial charge is 0.204 e. The predicted molar refractivity (Wildman–Crippen MR) is 169 cm³/mol. The summed E-state index contributed by atoms with van der Waals surface area (Å²) >= 11 is 0. The Balaban J connectivity index is 1.45. The van der Waals surface area contributed by atoms with Gasteiger partial charge in [0.1, 0.15) is 17.6 Å². The molecule has 2 N–H and O–H groups in total. The van der Waals surface area contributed by atoms with E-state index in [4.69, 9.17) is 23.7 Å². The topological polar surface area (TPSA) is 103 Å². The van der Waals surface area contributed by atoms with Crippen molar-refractivity contribution >= 4 is 10.8 Å². The average Bonchev–Trinajstić information content (AvgIpc) is 3.07. The zero-order valence-corrected chi connectivity index (χ0v) is 25.5. The molecule has 0 aliphatic carbocycles. The van der Waals surface area contributed by atoms with Crippen LogP contribution in [-0.2, 0) is 12.8 Å². The molecule has 230 valence electrons. The molecule has 1 aromatic heterocycles. The number of benzene rings is 4. The lowest BCUT2D eigenvalue weighted by molar-refractivity contribution is 0.216. The molecule has 0 radical (unpaired) electrons. The van der Waals surface area contributed by atoms with Gasteiger partial charge in [-0.15, -0.1) is 0 Å². The molecule has 9 nitrogen and oxygen atoms in total. The molecule has 45 heavy (non-hydrogen) atoms. The first-order valence-electron chi connectivity index (χ1n) is 14.8. The second-order valence-electron chi connectivity index (χ2n) is 11.3. The quantitative estimate of drug-likeness (QED) is 0.232. The highest BCUT2D eigenvalue weighted by molar-refractivity contribution is 5.95. The second-order valence-corrected chi connectivity index (χ2v) is 11.3. The number of aromatic hydroxyl groups is 1. The van der Waals surface area contributed by atoms with E-state index in [-0.39, 0.29) is 23.3 Å². The van der Waals surface area contributed by atoms with Gasteiger partial charge in [0.25, 0.3) is 0 Å². The van der Waals surface area contributed by atoms with Crippen LogP contribution in [0.5, 0.6) is 46.0 Å². The molecule has 0 amide bonds. The Morgan fingerprint density at radius 3 is 2.22 bits per heavy atom. The van der Waals surface area contributed by atoms with E-state index >= 15 is 0 Å². The summed E-state index contributed by atoms with van der Waals surface area (Å²) in [5, 5.41) is 24.1. The van der Waals surface area contributed by atoms with Crippen molar-refractivity contribution in [1.82, 2.24) is 9.88 Å². The number of hydrogen-bond acceptors (Lipinski definition) is 9. The van der Waals surface area contributed by atoms with Crippen molar-refractivity contribution in [3.63, 3.8) is 0 Å². The number of hydrogen-bond donors (Lipinski definition) is 2. The molecule has 0 fully saturated rings. The normalized spacial score (nSPS) is 17.5. The van der Waals surface area contributed by atoms with Gasteiger partial charge < -0.3 is 33.9 Å². The highest BCUT2D eigenvalue weighted by atomic mass is 16.5. The number of methoxy groups -OCH3 is 3. The predicted octanol–water partition coefficient (Wildman–Crippen LogP) is 6.72. The number of nitrogens with zero attached hydrogens (tertiary/aromatic N) is 2. The fourth-order valence-electron chi connectivity index (χ4n) is 6.42. The van der Waals surface area contributed by atoms with Gasteiger partial charge in [-0.3, -0.25) is 9.88 Å². The third-order valence-corrected chi connectivity index (χ3v) is 8.79. The highest BCUT2D eigenvalue weighted by Gasteiger charge is 2.33. The molecule has 5 aliphatic heterocycles. The molecule has 9 heteroatoms. The lowest BCUT2D eigenvalue weighted by Gasteiger charge is -2.36. The van der Waals surface area contributed by atoms with Gasteiger partial charge >= 0.3 is 0 Å². The Morgan fingerprint density at radius 2 is 1.53 bits per heavy atom. The summed E-state index contributed by atoms with van der Waals surface area (Å²) < 4.78 is 30.1. The van der Waals surface area contributed by atoms with Crippen LogP contribution in [0.15, 0.2) is 72.9 Å². The van der Waals surface area contributed by atoms with Crippen molar-refractivity contribution in [1.29, 1.82) is 0 Å². The number of rotatable bonds is 3. The van der Waals surface area contributed by atoms with Gasteiger partial charge in [0.2, 0.25) is 11.5 Å². The molecule has 0 saturated heterocycles. The van der Waals surface area contributed by atoms with Gasteiger partial charge in [0.15, 0.2) is 23.0 Å². The number of likely N-dealkylation sites (N-methyl/N-ethyl adjacent to an activating group) is 1. The minimum Gasteiger partial charge on any atom is -0.502 e. The van der Waals surface area contributed by atoms with Crippen LogP contribution < -0.4 is 23.7 Å². The third kappa shape index (κ3) is 4.94. The number of phenolic OH excluding ortho intramolecular Hbond substituents is 1. The van der Waals surface area contributed by atoms with E-state index in [1.807, 2.05) is 36.4 Å². The summed E-state index contributed by atoms with van der Waals surface area (Å²) in [5.74, 6) is 3.09. The van der Waals surface area contributed by atoms with Gasteiger partial charge in [0, 0.05) is 24.3 Å². The van der Waals surface area contributed by atoms with E-state index in [9.17, 15) is 10.2 Å². The summed E-state index contributed by atoms with van der Waals surface area (Å²) in [6.07, 6.45) is 2.03. The maximum atomic E-state index is 11.6. The number of pyridine rings is 1. The van der Waals surface area contributed by atoms with E-state index in [2.05, 4.69) is 23.0 Å². The van der Waals surface area contributed by atoms with Crippen molar-refractivity contribution in [2.75, 3.05) is 34.9 Å². The first-order chi connectivity index (χ1) is 21.9. The van der Waals surface area contributed by atoms with Crippen molar-refractivity contribution in [3.05, 3.63) is 101 Å². The SMILES string of the molecule is COc1cc2ccnc3c2c(c1O)Oc1ccc(cc1)C[C@@H]1c2c(cc(OC)c(OC)c2Oc2ccc(cc2)C3O)CCN1C. The standard InChI is InChI=1S/C36H34N2O7/c1-38-16-14-23-19-28(42-3)34(43-4)36-29(23)26(38)17-20-5-9-24(10-6-20)44-35-30-22(18-27(41-2)33(35)40)13-15-37-31(30)32(39)21-7-11-25(45-36)12-8-21/h5-13,15,18-19,26,32,39-40H,14,16-17H2,1-4H3/t26-,32?/m1/s1. The number of aliphatic hydroxyl groups is 1. The molecule has 5 aromatic rings. The summed E-state index contributed by atoms with van der Waals surface area (Å²) in [4.78, 5) is 6.87. The monoisotopic (exact) mass is 606 g/mol. The third-order valence-electron chi connectivity index (χ3n) is 8.79. The minimum absolute atomic E-state index is 0.00434. The Morgan fingerprint density at radius 1 is 0.844 bits per heavy atom. The van der Waals surface area contributed by atoms with Crippen LogP contribution in [0, 0.1) is 0 Å². The molecule has 5 aliphatic rings. The lowest BCUT2D eigenvalue weighted by atomic mass is 9.87. The number of aromatic nitrogens is 1. The van der Waals surface area contributed by atoms with E-state index in [0.717, 1.165) is 29.7 Å². The van der Waals surface area contributed by atoms with E-state index < -0.39 is 6.10 Å². The van der Waals surface area contributed by atoms with Crippen LogP contribution >= 0.6 is 0 Å². The molecule has 0 spiro atoms. The Bertz CT molecular complexity index is 1890. The highest BCUT2D eigenvalue weighted by Crippen LogP contribution is 2.51. The van der Waals surface area contributed by atoms with E-state index in [1.54, 1.807) is 44.7 Å². The Labute approximate surface area is 261 Å².